The molecule has 0 spiro atoms. The van der Waals surface area contributed by atoms with Crippen LogP contribution in [-0.4, -0.2) is 63.5 Å². The van der Waals surface area contributed by atoms with Gasteiger partial charge in [-0.2, -0.15) is 0 Å². The van der Waals surface area contributed by atoms with Crippen molar-refractivity contribution >= 4 is 17.6 Å². The Hall–Kier alpha value is -3.94. The Kier molecular flexibility index (Phi) is 5.79. The number of amides is 2. The van der Waals surface area contributed by atoms with Gasteiger partial charge >= 0.3 is 0 Å². The molecule has 2 amide bonds. The third-order valence-corrected chi connectivity index (χ3v) is 5.14. The van der Waals surface area contributed by atoms with E-state index in [1.807, 2.05) is 0 Å². The molecule has 0 aliphatic carbocycles. The van der Waals surface area contributed by atoms with Crippen molar-refractivity contribution < 1.29 is 18.8 Å². The van der Waals surface area contributed by atoms with Crippen molar-refractivity contribution in [3.05, 3.63) is 95.3 Å². The molecule has 1 fully saturated rings. The van der Waals surface area contributed by atoms with E-state index in [0.717, 1.165) is 0 Å². The van der Waals surface area contributed by atoms with Crippen LogP contribution in [0.15, 0.2) is 67.1 Å². The molecule has 3 aromatic rings. The second-order valence-electron chi connectivity index (χ2n) is 7.06. The van der Waals surface area contributed by atoms with Crippen LogP contribution in [0, 0.1) is 5.82 Å². The summed E-state index contributed by atoms with van der Waals surface area (Å²) in [7, 11) is 0. The molecule has 8 heteroatoms. The Morgan fingerprint density at radius 2 is 1.39 bits per heavy atom. The molecule has 2 aromatic carbocycles. The summed E-state index contributed by atoms with van der Waals surface area (Å²) in [5, 5.41) is 0. The lowest BCUT2D eigenvalue weighted by Crippen LogP contribution is -2.51. The van der Waals surface area contributed by atoms with Crippen molar-refractivity contribution in [1.82, 2.24) is 19.8 Å². The van der Waals surface area contributed by atoms with Crippen molar-refractivity contribution in [3.8, 4) is 0 Å². The third kappa shape index (κ3) is 4.32. The molecule has 31 heavy (non-hydrogen) atoms. The number of ketones is 1. The van der Waals surface area contributed by atoms with E-state index in [0.29, 0.717) is 31.7 Å². The van der Waals surface area contributed by atoms with Gasteiger partial charge in [0.25, 0.3) is 11.8 Å². The van der Waals surface area contributed by atoms with E-state index in [4.69, 9.17) is 0 Å². The van der Waals surface area contributed by atoms with E-state index in [1.54, 1.807) is 34.1 Å². The van der Waals surface area contributed by atoms with Crippen LogP contribution in [0.2, 0.25) is 0 Å². The summed E-state index contributed by atoms with van der Waals surface area (Å²) in [5.74, 6) is -1.29. The Morgan fingerprint density at radius 3 is 2.00 bits per heavy atom. The van der Waals surface area contributed by atoms with Gasteiger partial charge in [-0.25, -0.2) is 9.37 Å². The van der Waals surface area contributed by atoms with Crippen molar-refractivity contribution in [2.75, 3.05) is 26.2 Å². The topological polar surface area (TPSA) is 83.5 Å². The van der Waals surface area contributed by atoms with E-state index in [2.05, 4.69) is 9.97 Å². The smallest absolute Gasteiger partial charge is 0.274 e. The van der Waals surface area contributed by atoms with E-state index in [1.165, 1.54) is 42.9 Å². The van der Waals surface area contributed by atoms with Crippen LogP contribution in [0.4, 0.5) is 4.39 Å². The minimum absolute atomic E-state index is 0.230. The van der Waals surface area contributed by atoms with Crippen molar-refractivity contribution in [2.24, 2.45) is 0 Å². The quantitative estimate of drug-likeness (QED) is 0.608. The maximum absolute atomic E-state index is 13.2. The number of piperazine rings is 1. The number of nitrogens with zero attached hydrogens (tertiary/aromatic N) is 4. The zero-order chi connectivity index (χ0) is 21.8. The summed E-state index contributed by atoms with van der Waals surface area (Å²) in [6, 6.07) is 11.8. The van der Waals surface area contributed by atoms with Gasteiger partial charge in [0.2, 0.25) is 0 Å². The highest BCUT2D eigenvalue weighted by Gasteiger charge is 2.28. The lowest BCUT2D eigenvalue weighted by molar-refractivity contribution is 0.0531. The van der Waals surface area contributed by atoms with Crippen LogP contribution in [0.1, 0.15) is 36.8 Å². The van der Waals surface area contributed by atoms with Gasteiger partial charge in [-0.3, -0.25) is 19.4 Å². The Balaban J connectivity index is 1.48. The molecule has 1 saturated heterocycles. The number of rotatable bonds is 4. The van der Waals surface area contributed by atoms with Crippen molar-refractivity contribution in [3.63, 3.8) is 0 Å². The van der Waals surface area contributed by atoms with Gasteiger partial charge in [0, 0.05) is 49.7 Å². The molecule has 156 valence electrons. The molecule has 1 aliphatic rings. The minimum atomic E-state index is -0.435. The normalized spacial score (nSPS) is 13.7. The van der Waals surface area contributed by atoms with Crippen LogP contribution in [0.5, 0.6) is 0 Å². The number of carbonyl (C=O) groups excluding carboxylic acids is 3. The molecular weight excluding hydrogens is 399 g/mol. The summed E-state index contributed by atoms with van der Waals surface area (Å²) in [6.45, 7) is 1.39. The monoisotopic (exact) mass is 418 g/mol. The summed E-state index contributed by atoms with van der Waals surface area (Å²) < 4.78 is 13.2. The van der Waals surface area contributed by atoms with E-state index in [9.17, 15) is 18.8 Å². The average Bonchev–Trinajstić information content (AvgIpc) is 2.84. The van der Waals surface area contributed by atoms with E-state index >= 15 is 0 Å². The molecular formula is C23H19FN4O3. The minimum Gasteiger partial charge on any atom is -0.335 e. The fourth-order valence-electron chi connectivity index (χ4n) is 3.48. The van der Waals surface area contributed by atoms with Crippen molar-refractivity contribution in [2.45, 2.75) is 0 Å². The standard InChI is InChI=1S/C23H19FN4O3/c24-17-7-5-16(6-8-17)21(29)18-3-1-2-4-19(18)22(30)27-11-13-28(14-12-27)23(31)20-15-25-9-10-26-20/h1-10,15H,11-14H2. The second-order valence-corrected chi connectivity index (χ2v) is 7.06. The highest BCUT2D eigenvalue weighted by atomic mass is 19.1. The predicted molar refractivity (Wildman–Crippen MR) is 110 cm³/mol. The number of carbonyl (C=O) groups is 3. The zero-order valence-electron chi connectivity index (χ0n) is 16.6. The van der Waals surface area contributed by atoms with Gasteiger partial charge in [0.15, 0.2) is 5.78 Å². The zero-order valence-corrected chi connectivity index (χ0v) is 16.6. The molecule has 0 saturated carbocycles. The van der Waals surface area contributed by atoms with Crippen molar-refractivity contribution in [1.29, 1.82) is 0 Å². The van der Waals surface area contributed by atoms with Crippen LogP contribution in [0.25, 0.3) is 0 Å². The molecule has 1 aromatic heterocycles. The molecule has 0 bridgehead atoms. The lowest BCUT2D eigenvalue weighted by Gasteiger charge is -2.34. The number of hydrogen-bond donors (Lipinski definition) is 0. The highest BCUT2D eigenvalue weighted by Crippen LogP contribution is 2.18. The number of hydrogen-bond acceptors (Lipinski definition) is 5. The first kappa shape index (κ1) is 20.3. The fraction of sp³-hybridized carbons (Fsp3) is 0.174. The van der Waals surface area contributed by atoms with Gasteiger partial charge < -0.3 is 9.80 Å². The van der Waals surface area contributed by atoms with Gasteiger partial charge in [0.05, 0.1) is 11.8 Å². The molecule has 7 nitrogen and oxygen atoms in total. The first-order valence-corrected chi connectivity index (χ1v) is 9.78. The maximum atomic E-state index is 13.2. The first-order valence-electron chi connectivity index (χ1n) is 9.78. The fourth-order valence-corrected chi connectivity index (χ4v) is 3.48. The van der Waals surface area contributed by atoms with E-state index < -0.39 is 5.82 Å². The third-order valence-electron chi connectivity index (χ3n) is 5.14. The molecule has 2 heterocycles. The second kappa shape index (κ2) is 8.83. The van der Waals surface area contributed by atoms with Gasteiger partial charge in [0.1, 0.15) is 11.5 Å². The van der Waals surface area contributed by atoms with Crippen LogP contribution in [0.3, 0.4) is 0 Å². The Labute approximate surface area is 178 Å². The van der Waals surface area contributed by atoms with Crippen LogP contribution < -0.4 is 0 Å². The summed E-state index contributed by atoms with van der Waals surface area (Å²) in [4.78, 5) is 49.8. The Bertz CT molecular complexity index is 1110. The van der Waals surface area contributed by atoms with Crippen LogP contribution >= 0.6 is 0 Å². The largest absolute Gasteiger partial charge is 0.335 e. The SMILES string of the molecule is O=C(c1ccc(F)cc1)c1ccccc1C(=O)N1CCN(C(=O)c2cnccn2)CC1. The molecule has 0 N–H and O–H groups in total. The van der Waals surface area contributed by atoms with Gasteiger partial charge in [-0.05, 0) is 30.3 Å². The van der Waals surface area contributed by atoms with E-state index in [-0.39, 0.29) is 34.4 Å². The molecule has 4 rings (SSSR count). The summed E-state index contributed by atoms with van der Waals surface area (Å²) in [5.41, 5.74) is 1.11. The maximum Gasteiger partial charge on any atom is 0.274 e. The summed E-state index contributed by atoms with van der Waals surface area (Å²) in [6.07, 6.45) is 4.37. The predicted octanol–water partition coefficient (Wildman–Crippen LogP) is 2.44. The first-order chi connectivity index (χ1) is 15.0. The molecule has 0 radical (unpaired) electrons. The van der Waals surface area contributed by atoms with Gasteiger partial charge in [-0.1, -0.05) is 18.2 Å². The highest BCUT2D eigenvalue weighted by molar-refractivity contribution is 6.15. The summed E-state index contributed by atoms with van der Waals surface area (Å²) >= 11 is 0. The molecule has 0 unspecified atom stereocenters. The number of aromatic nitrogens is 2. The lowest BCUT2D eigenvalue weighted by atomic mass is 9.97. The van der Waals surface area contributed by atoms with Crippen LogP contribution in [-0.2, 0) is 0 Å². The molecule has 0 atom stereocenters. The average molecular weight is 418 g/mol. The number of benzene rings is 2. The van der Waals surface area contributed by atoms with Gasteiger partial charge in [-0.15, -0.1) is 0 Å². The number of halogens is 1. The Morgan fingerprint density at radius 1 is 0.774 bits per heavy atom. The molecule has 1 aliphatic heterocycles.